The number of hydrogen-bond donors (Lipinski definition) is 1. The molecular weight excluding hydrogens is 208 g/mol. The van der Waals surface area contributed by atoms with Crippen LogP contribution in [-0.2, 0) is 4.79 Å². The first kappa shape index (κ1) is 11.4. The summed E-state index contributed by atoms with van der Waals surface area (Å²) in [5.74, 6) is 0.294. The minimum absolute atomic E-state index is 0.0197. The third-order valence-electron chi connectivity index (χ3n) is 3.84. The maximum Gasteiger partial charge on any atom is 0.233 e. The van der Waals surface area contributed by atoms with E-state index in [1.165, 1.54) is 6.42 Å². The minimum atomic E-state index is -0.569. The molecule has 0 radical (unpaired) electrons. The van der Waals surface area contributed by atoms with Crippen LogP contribution in [0.3, 0.4) is 0 Å². The van der Waals surface area contributed by atoms with Crippen molar-refractivity contribution in [1.29, 1.82) is 0 Å². The second-order valence-electron chi connectivity index (χ2n) is 4.88. The van der Waals surface area contributed by atoms with E-state index in [9.17, 15) is 14.9 Å². The highest BCUT2D eigenvalue weighted by atomic mass is 16.6. The predicted octanol–water partition coefficient (Wildman–Crippen LogP) is 1.49. The van der Waals surface area contributed by atoms with Crippen molar-refractivity contribution in [2.45, 2.75) is 57.0 Å². The summed E-state index contributed by atoms with van der Waals surface area (Å²) >= 11 is 0. The fraction of sp³-hybridized carbons (Fsp3) is 0.909. The summed E-state index contributed by atoms with van der Waals surface area (Å²) < 4.78 is 0. The number of hydrogen-bond acceptors (Lipinski definition) is 3. The summed E-state index contributed by atoms with van der Waals surface area (Å²) in [7, 11) is 0. The average Bonchev–Trinajstić information content (AvgIpc) is 2.29. The molecule has 1 saturated heterocycles. The van der Waals surface area contributed by atoms with Crippen LogP contribution >= 0.6 is 0 Å². The second-order valence-corrected chi connectivity index (χ2v) is 4.88. The molecule has 1 aliphatic carbocycles. The third kappa shape index (κ3) is 2.33. The van der Waals surface area contributed by atoms with E-state index in [1.54, 1.807) is 0 Å². The lowest BCUT2D eigenvalue weighted by Crippen LogP contribution is -2.55. The molecule has 2 fully saturated rings. The van der Waals surface area contributed by atoms with Gasteiger partial charge in [-0.05, 0) is 18.8 Å². The smallest absolute Gasteiger partial charge is 0.233 e. The number of piperidine rings is 1. The van der Waals surface area contributed by atoms with E-state index in [2.05, 4.69) is 5.32 Å². The SMILES string of the molecule is O=C1CC[C@H]([N+](=O)[O-])[C@H](C2CCCCC2)N1. The number of rotatable bonds is 2. The molecule has 0 aromatic heterocycles. The highest BCUT2D eigenvalue weighted by Gasteiger charge is 2.41. The number of amides is 1. The molecule has 1 N–H and O–H groups in total. The molecule has 1 aliphatic heterocycles. The van der Waals surface area contributed by atoms with Crippen molar-refractivity contribution in [3.63, 3.8) is 0 Å². The highest BCUT2D eigenvalue weighted by molar-refractivity contribution is 5.77. The predicted molar refractivity (Wildman–Crippen MR) is 58.5 cm³/mol. The van der Waals surface area contributed by atoms with Gasteiger partial charge in [-0.15, -0.1) is 0 Å². The van der Waals surface area contributed by atoms with Crippen LogP contribution in [0.2, 0.25) is 0 Å². The van der Waals surface area contributed by atoms with Crippen molar-refractivity contribution in [3.8, 4) is 0 Å². The molecule has 2 atom stereocenters. The first-order valence-electron chi connectivity index (χ1n) is 6.11. The largest absolute Gasteiger partial charge is 0.346 e. The van der Waals surface area contributed by atoms with Crippen LogP contribution in [0, 0.1) is 16.0 Å². The zero-order valence-corrected chi connectivity index (χ0v) is 9.35. The number of nitrogens with one attached hydrogen (secondary N) is 1. The van der Waals surface area contributed by atoms with Crippen LogP contribution in [-0.4, -0.2) is 22.9 Å². The fourth-order valence-electron chi connectivity index (χ4n) is 2.97. The summed E-state index contributed by atoms with van der Waals surface area (Å²) in [6.07, 6.45) is 6.25. The normalized spacial score (nSPS) is 32.1. The molecule has 2 rings (SSSR count). The van der Waals surface area contributed by atoms with Gasteiger partial charge in [0.1, 0.15) is 0 Å². The molecule has 90 valence electrons. The lowest BCUT2D eigenvalue weighted by Gasteiger charge is -2.34. The Bertz CT molecular complexity index is 287. The first-order valence-corrected chi connectivity index (χ1v) is 6.11. The Morgan fingerprint density at radius 3 is 2.50 bits per heavy atom. The van der Waals surface area contributed by atoms with Crippen molar-refractivity contribution >= 4 is 5.91 Å². The van der Waals surface area contributed by atoms with Gasteiger partial charge in [-0.25, -0.2) is 0 Å². The van der Waals surface area contributed by atoms with Gasteiger partial charge < -0.3 is 5.32 Å². The van der Waals surface area contributed by atoms with Crippen LogP contribution in [0.4, 0.5) is 0 Å². The van der Waals surface area contributed by atoms with Gasteiger partial charge >= 0.3 is 0 Å². The number of nitrogens with zero attached hydrogens (tertiary/aromatic N) is 1. The third-order valence-corrected chi connectivity index (χ3v) is 3.84. The summed E-state index contributed by atoms with van der Waals surface area (Å²) in [5, 5.41) is 13.8. The lowest BCUT2D eigenvalue weighted by molar-refractivity contribution is -0.530. The Morgan fingerprint density at radius 1 is 1.19 bits per heavy atom. The molecule has 1 heterocycles. The van der Waals surface area contributed by atoms with Crippen molar-refractivity contribution in [3.05, 3.63) is 10.1 Å². The molecule has 1 amide bonds. The number of carbonyl (C=O) groups excluding carboxylic acids is 1. The Hall–Kier alpha value is -1.13. The molecule has 5 nitrogen and oxygen atoms in total. The molecule has 0 aromatic carbocycles. The zero-order chi connectivity index (χ0) is 11.5. The van der Waals surface area contributed by atoms with Gasteiger partial charge in [0, 0.05) is 17.8 Å². The van der Waals surface area contributed by atoms with E-state index >= 15 is 0 Å². The van der Waals surface area contributed by atoms with Gasteiger partial charge in [0.25, 0.3) is 0 Å². The van der Waals surface area contributed by atoms with Gasteiger partial charge in [0.2, 0.25) is 11.9 Å². The van der Waals surface area contributed by atoms with Gasteiger partial charge in [-0.1, -0.05) is 19.3 Å². The van der Waals surface area contributed by atoms with Crippen LogP contribution in [0.5, 0.6) is 0 Å². The van der Waals surface area contributed by atoms with Crippen molar-refractivity contribution < 1.29 is 9.72 Å². The lowest BCUT2D eigenvalue weighted by atomic mass is 9.79. The Labute approximate surface area is 94.7 Å². The van der Waals surface area contributed by atoms with Crippen LogP contribution < -0.4 is 5.32 Å². The maximum absolute atomic E-state index is 11.4. The Morgan fingerprint density at radius 2 is 1.88 bits per heavy atom. The second kappa shape index (κ2) is 4.80. The molecule has 16 heavy (non-hydrogen) atoms. The summed E-state index contributed by atoms with van der Waals surface area (Å²) in [6, 6.07) is -0.794. The summed E-state index contributed by atoms with van der Waals surface area (Å²) in [5.41, 5.74) is 0. The zero-order valence-electron chi connectivity index (χ0n) is 9.35. The van der Waals surface area contributed by atoms with Gasteiger partial charge in [-0.2, -0.15) is 0 Å². The van der Waals surface area contributed by atoms with Crippen LogP contribution in [0.15, 0.2) is 0 Å². The molecule has 2 aliphatic rings. The van der Waals surface area contributed by atoms with Gasteiger partial charge in [-0.3, -0.25) is 14.9 Å². The fourth-order valence-corrected chi connectivity index (χ4v) is 2.97. The Balaban J connectivity index is 2.06. The van der Waals surface area contributed by atoms with E-state index in [-0.39, 0.29) is 16.9 Å². The summed E-state index contributed by atoms with van der Waals surface area (Å²) in [6.45, 7) is 0. The van der Waals surface area contributed by atoms with Gasteiger partial charge in [0.15, 0.2) is 0 Å². The van der Waals surface area contributed by atoms with Gasteiger partial charge in [0.05, 0.1) is 6.04 Å². The molecule has 5 heteroatoms. The van der Waals surface area contributed by atoms with E-state index < -0.39 is 6.04 Å². The number of carbonyl (C=O) groups is 1. The first-order chi connectivity index (χ1) is 7.68. The highest BCUT2D eigenvalue weighted by Crippen LogP contribution is 2.31. The molecule has 0 bridgehead atoms. The van der Waals surface area contributed by atoms with E-state index in [0.29, 0.717) is 18.8 Å². The minimum Gasteiger partial charge on any atom is -0.346 e. The molecule has 0 unspecified atom stereocenters. The summed E-state index contributed by atoms with van der Waals surface area (Å²) in [4.78, 5) is 22.1. The average molecular weight is 226 g/mol. The van der Waals surface area contributed by atoms with E-state index in [1.807, 2.05) is 0 Å². The van der Waals surface area contributed by atoms with Crippen molar-refractivity contribution in [1.82, 2.24) is 5.32 Å². The van der Waals surface area contributed by atoms with E-state index in [0.717, 1.165) is 25.7 Å². The van der Waals surface area contributed by atoms with Crippen molar-refractivity contribution in [2.24, 2.45) is 5.92 Å². The van der Waals surface area contributed by atoms with Crippen LogP contribution in [0.1, 0.15) is 44.9 Å². The molecule has 0 aromatic rings. The quantitative estimate of drug-likeness (QED) is 0.572. The van der Waals surface area contributed by atoms with Crippen molar-refractivity contribution in [2.75, 3.05) is 0 Å². The Kier molecular flexibility index (Phi) is 3.41. The monoisotopic (exact) mass is 226 g/mol. The topological polar surface area (TPSA) is 72.2 Å². The number of nitro groups is 1. The molecular formula is C11H18N2O3. The molecule has 0 spiro atoms. The maximum atomic E-state index is 11.4. The molecule has 1 saturated carbocycles. The van der Waals surface area contributed by atoms with E-state index in [4.69, 9.17) is 0 Å². The standard InChI is InChI=1S/C11H18N2O3/c14-10-7-6-9(13(15)16)11(12-10)8-4-2-1-3-5-8/h8-9,11H,1-7H2,(H,12,14)/t9-,11-/m0/s1. The van der Waals surface area contributed by atoms with Crippen LogP contribution in [0.25, 0.3) is 0 Å².